The summed E-state index contributed by atoms with van der Waals surface area (Å²) in [5.74, 6) is 0.526. The van der Waals surface area contributed by atoms with E-state index >= 15 is 0 Å². The van der Waals surface area contributed by atoms with E-state index in [2.05, 4.69) is 15.3 Å². The van der Waals surface area contributed by atoms with E-state index in [9.17, 15) is 9.59 Å². The summed E-state index contributed by atoms with van der Waals surface area (Å²) in [5, 5.41) is 2.89. The molecule has 0 aliphatic carbocycles. The zero-order chi connectivity index (χ0) is 16.1. The van der Waals surface area contributed by atoms with Crippen molar-refractivity contribution in [2.24, 2.45) is 0 Å². The van der Waals surface area contributed by atoms with Gasteiger partial charge in [0.25, 0.3) is 5.56 Å². The predicted molar refractivity (Wildman–Crippen MR) is 85.7 cm³/mol. The lowest BCUT2D eigenvalue weighted by Crippen LogP contribution is -2.25. The summed E-state index contributed by atoms with van der Waals surface area (Å²) in [7, 11) is 0. The number of hydrogen-bond acceptors (Lipinski definition) is 3. The van der Waals surface area contributed by atoms with E-state index in [0.29, 0.717) is 30.0 Å². The molecule has 0 spiro atoms. The zero-order valence-corrected chi connectivity index (χ0v) is 13.2. The third-order valence-electron chi connectivity index (χ3n) is 3.68. The smallest absolute Gasteiger partial charge is 0.254 e. The number of carbonyl (C=O) groups is 1. The van der Waals surface area contributed by atoms with E-state index in [4.69, 9.17) is 0 Å². The van der Waals surface area contributed by atoms with Crippen LogP contribution in [0.1, 0.15) is 34.6 Å². The summed E-state index contributed by atoms with van der Waals surface area (Å²) in [6.07, 6.45) is 0.675. The Morgan fingerprint density at radius 2 is 1.95 bits per heavy atom. The summed E-state index contributed by atoms with van der Waals surface area (Å²) < 4.78 is 0. The van der Waals surface area contributed by atoms with Gasteiger partial charge in [-0.05, 0) is 38.3 Å². The fraction of sp³-hybridized carbons (Fsp3) is 0.353. The third-order valence-corrected chi connectivity index (χ3v) is 3.68. The molecule has 5 heteroatoms. The van der Waals surface area contributed by atoms with Crippen LogP contribution in [0.4, 0.5) is 0 Å². The van der Waals surface area contributed by atoms with Crippen LogP contribution in [0.3, 0.4) is 0 Å². The van der Waals surface area contributed by atoms with Gasteiger partial charge in [-0.25, -0.2) is 4.98 Å². The number of amides is 1. The van der Waals surface area contributed by atoms with Crippen molar-refractivity contribution < 1.29 is 4.79 Å². The van der Waals surface area contributed by atoms with Crippen LogP contribution in [0.25, 0.3) is 0 Å². The van der Waals surface area contributed by atoms with Gasteiger partial charge in [0, 0.05) is 24.2 Å². The van der Waals surface area contributed by atoms with E-state index in [1.807, 2.05) is 31.2 Å². The quantitative estimate of drug-likeness (QED) is 0.886. The second-order valence-electron chi connectivity index (χ2n) is 5.42. The van der Waals surface area contributed by atoms with Crippen LogP contribution in [0.5, 0.6) is 0 Å². The molecule has 0 saturated heterocycles. The molecule has 0 bridgehead atoms. The highest BCUT2D eigenvalue weighted by Crippen LogP contribution is 2.07. The summed E-state index contributed by atoms with van der Waals surface area (Å²) in [5.41, 5.74) is 3.36. The molecular weight excluding hydrogens is 278 g/mol. The van der Waals surface area contributed by atoms with Crippen molar-refractivity contribution in [3.05, 3.63) is 62.8 Å². The largest absolute Gasteiger partial charge is 0.352 e. The highest BCUT2D eigenvalue weighted by molar-refractivity contribution is 5.76. The van der Waals surface area contributed by atoms with Crippen LogP contribution in [0, 0.1) is 20.8 Å². The molecule has 0 atom stereocenters. The van der Waals surface area contributed by atoms with E-state index in [1.54, 1.807) is 13.8 Å². The molecule has 2 N–H and O–H groups in total. The Morgan fingerprint density at radius 3 is 2.64 bits per heavy atom. The van der Waals surface area contributed by atoms with Crippen molar-refractivity contribution >= 4 is 5.91 Å². The van der Waals surface area contributed by atoms with Crippen molar-refractivity contribution in [1.29, 1.82) is 0 Å². The lowest BCUT2D eigenvalue weighted by atomic mass is 10.1. The number of hydrogen-bond donors (Lipinski definition) is 2. The maximum Gasteiger partial charge on any atom is 0.254 e. The van der Waals surface area contributed by atoms with Crippen molar-refractivity contribution in [3.8, 4) is 0 Å². The molecular formula is C17H21N3O2. The molecule has 0 saturated carbocycles. The zero-order valence-electron chi connectivity index (χ0n) is 13.2. The number of benzene rings is 1. The average molecular weight is 299 g/mol. The summed E-state index contributed by atoms with van der Waals surface area (Å²) in [6.45, 7) is 6.06. The predicted octanol–water partition coefficient (Wildman–Crippen LogP) is 1.94. The number of H-pyrrole nitrogens is 1. The molecule has 1 aromatic carbocycles. The summed E-state index contributed by atoms with van der Waals surface area (Å²) in [6, 6.07) is 7.94. The van der Waals surface area contributed by atoms with Gasteiger partial charge in [0.05, 0.1) is 0 Å². The number of rotatable bonds is 5. The first-order valence-electron chi connectivity index (χ1n) is 7.35. The highest BCUT2D eigenvalue weighted by Gasteiger charge is 2.09. The first-order valence-corrected chi connectivity index (χ1v) is 7.35. The topological polar surface area (TPSA) is 74.8 Å². The standard InChI is InChI=1S/C17H21N3O2/c1-11-6-4-5-7-14(11)10-18-16(21)9-8-15-12(2)19-13(3)20-17(15)22/h4-7H,8-10H2,1-3H3,(H,18,21)(H,19,20,22). The van der Waals surface area contributed by atoms with Gasteiger partial charge in [0.15, 0.2) is 0 Å². The Hall–Kier alpha value is -2.43. The fourth-order valence-corrected chi connectivity index (χ4v) is 2.37. The van der Waals surface area contributed by atoms with E-state index in [1.165, 1.54) is 0 Å². The average Bonchev–Trinajstić information content (AvgIpc) is 2.45. The molecule has 2 aromatic rings. The van der Waals surface area contributed by atoms with Gasteiger partial charge in [-0.3, -0.25) is 9.59 Å². The maximum absolute atomic E-state index is 11.9. The Kier molecular flexibility index (Phi) is 5.09. The number of aromatic amines is 1. The number of nitrogens with one attached hydrogen (secondary N) is 2. The minimum absolute atomic E-state index is 0.0670. The minimum atomic E-state index is -0.156. The van der Waals surface area contributed by atoms with Crippen LogP contribution in [0.2, 0.25) is 0 Å². The van der Waals surface area contributed by atoms with Crippen LogP contribution in [0.15, 0.2) is 29.1 Å². The summed E-state index contributed by atoms with van der Waals surface area (Å²) in [4.78, 5) is 30.7. The van der Waals surface area contributed by atoms with Gasteiger partial charge < -0.3 is 10.3 Å². The normalized spacial score (nSPS) is 10.5. The molecule has 0 aliphatic heterocycles. The third kappa shape index (κ3) is 4.04. The van der Waals surface area contributed by atoms with Gasteiger partial charge in [-0.15, -0.1) is 0 Å². The molecule has 0 unspecified atom stereocenters. The van der Waals surface area contributed by atoms with Crippen molar-refractivity contribution in [2.45, 2.75) is 40.2 Å². The molecule has 0 radical (unpaired) electrons. The molecule has 0 aliphatic rings. The van der Waals surface area contributed by atoms with Gasteiger partial charge in [-0.1, -0.05) is 24.3 Å². The summed E-state index contributed by atoms with van der Waals surface area (Å²) >= 11 is 0. The first-order chi connectivity index (χ1) is 10.5. The van der Waals surface area contributed by atoms with Crippen LogP contribution >= 0.6 is 0 Å². The number of aromatic nitrogens is 2. The van der Waals surface area contributed by atoms with Gasteiger partial charge >= 0.3 is 0 Å². The highest BCUT2D eigenvalue weighted by atomic mass is 16.1. The van der Waals surface area contributed by atoms with E-state index in [0.717, 1.165) is 11.1 Å². The Labute approximate surface area is 129 Å². The van der Waals surface area contributed by atoms with Gasteiger partial charge in [0.2, 0.25) is 5.91 Å². The maximum atomic E-state index is 11.9. The first kappa shape index (κ1) is 15.9. The molecule has 116 valence electrons. The number of aryl methyl sites for hydroxylation is 3. The Bertz CT molecular complexity index is 735. The van der Waals surface area contributed by atoms with Crippen molar-refractivity contribution in [2.75, 3.05) is 0 Å². The second kappa shape index (κ2) is 7.02. The lowest BCUT2D eigenvalue weighted by Gasteiger charge is -2.08. The van der Waals surface area contributed by atoms with Crippen LogP contribution in [-0.4, -0.2) is 15.9 Å². The van der Waals surface area contributed by atoms with E-state index < -0.39 is 0 Å². The van der Waals surface area contributed by atoms with Gasteiger partial charge in [0.1, 0.15) is 5.82 Å². The lowest BCUT2D eigenvalue weighted by molar-refractivity contribution is -0.121. The fourth-order valence-electron chi connectivity index (χ4n) is 2.37. The molecule has 1 aromatic heterocycles. The minimum Gasteiger partial charge on any atom is -0.352 e. The van der Waals surface area contributed by atoms with Crippen LogP contribution < -0.4 is 10.9 Å². The van der Waals surface area contributed by atoms with Crippen LogP contribution in [-0.2, 0) is 17.8 Å². The van der Waals surface area contributed by atoms with Gasteiger partial charge in [-0.2, -0.15) is 0 Å². The molecule has 1 heterocycles. The van der Waals surface area contributed by atoms with E-state index in [-0.39, 0.29) is 17.9 Å². The molecule has 22 heavy (non-hydrogen) atoms. The molecule has 2 rings (SSSR count). The SMILES string of the molecule is Cc1nc(C)c(CCC(=O)NCc2ccccc2C)c(=O)[nH]1. The Morgan fingerprint density at radius 1 is 1.23 bits per heavy atom. The molecule has 0 fully saturated rings. The van der Waals surface area contributed by atoms with Crippen molar-refractivity contribution in [1.82, 2.24) is 15.3 Å². The number of carbonyl (C=O) groups excluding carboxylic acids is 1. The second-order valence-corrected chi connectivity index (χ2v) is 5.42. The number of nitrogens with zero attached hydrogens (tertiary/aromatic N) is 1. The Balaban J connectivity index is 1.91. The molecule has 5 nitrogen and oxygen atoms in total. The monoisotopic (exact) mass is 299 g/mol. The molecule has 1 amide bonds. The van der Waals surface area contributed by atoms with Crippen molar-refractivity contribution in [3.63, 3.8) is 0 Å².